The van der Waals surface area contributed by atoms with E-state index in [2.05, 4.69) is 10.1 Å². The van der Waals surface area contributed by atoms with Crippen molar-refractivity contribution in [3.8, 4) is 5.75 Å². The van der Waals surface area contributed by atoms with E-state index in [1.807, 2.05) is 38.1 Å². The summed E-state index contributed by atoms with van der Waals surface area (Å²) in [5, 5.41) is 3.10. The highest BCUT2D eigenvalue weighted by Crippen LogP contribution is 2.14. The molecule has 18 heavy (non-hydrogen) atoms. The third kappa shape index (κ3) is 4.75. The predicted molar refractivity (Wildman–Crippen MR) is 70.5 cm³/mol. The van der Waals surface area contributed by atoms with Crippen molar-refractivity contribution >= 4 is 5.97 Å². The number of methoxy groups -OCH3 is 1. The Morgan fingerprint density at radius 2 is 2.06 bits per heavy atom. The van der Waals surface area contributed by atoms with E-state index in [1.165, 1.54) is 7.11 Å². The zero-order chi connectivity index (χ0) is 13.5. The lowest BCUT2D eigenvalue weighted by molar-refractivity contribution is -0.142. The smallest absolute Gasteiger partial charge is 0.322 e. The van der Waals surface area contributed by atoms with Gasteiger partial charge in [0, 0.05) is 6.54 Å². The maximum atomic E-state index is 11.2. The van der Waals surface area contributed by atoms with Gasteiger partial charge in [0.1, 0.15) is 11.8 Å². The first-order valence-corrected chi connectivity index (χ1v) is 6.09. The summed E-state index contributed by atoms with van der Waals surface area (Å²) >= 11 is 0. The first-order valence-electron chi connectivity index (χ1n) is 6.09. The average Bonchev–Trinajstić information content (AvgIpc) is 2.34. The van der Waals surface area contributed by atoms with E-state index in [4.69, 9.17) is 4.74 Å². The topological polar surface area (TPSA) is 47.6 Å². The molecule has 0 aliphatic carbocycles. The van der Waals surface area contributed by atoms with Crippen LogP contribution in [0.15, 0.2) is 24.3 Å². The highest BCUT2D eigenvalue weighted by molar-refractivity contribution is 5.75. The first kappa shape index (κ1) is 14.5. The molecule has 0 spiro atoms. The molecule has 1 aromatic carbocycles. The Morgan fingerprint density at radius 1 is 1.33 bits per heavy atom. The fraction of sp³-hybridized carbons (Fsp3) is 0.500. The van der Waals surface area contributed by atoms with Crippen molar-refractivity contribution in [2.45, 2.75) is 39.5 Å². The zero-order valence-electron chi connectivity index (χ0n) is 11.4. The van der Waals surface area contributed by atoms with Gasteiger partial charge in [0.05, 0.1) is 13.2 Å². The van der Waals surface area contributed by atoms with Crippen LogP contribution in [0.5, 0.6) is 5.75 Å². The number of benzene rings is 1. The maximum Gasteiger partial charge on any atom is 0.322 e. The third-order valence-electron chi connectivity index (χ3n) is 2.44. The summed E-state index contributed by atoms with van der Waals surface area (Å²) in [5.41, 5.74) is 1.07. The number of rotatable bonds is 6. The van der Waals surface area contributed by atoms with E-state index < -0.39 is 0 Å². The van der Waals surface area contributed by atoms with Crippen LogP contribution < -0.4 is 10.1 Å². The van der Waals surface area contributed by atoms with E-state index in [1.54, 1.807) is 6.92 Å². The van der Waals surface area contributed by atoms with Crippen LogP contribution in [-0.2, 0) is 16.1 Å². The molecule has 100 valence electrons. The van der Waals surface area contributed by atoms with Gasteiger partial charge in [-0.3, -0.25) is 4.79 Å². The summed E-state index contributed by atoms with van der Waals surface area (Å²) in [6.45, 7) is 6.36. The van der Waals surface area contributed by atoms with Gasteiger partial charge in [-0.15, -0.1) is 0 Å². The van der Waals surface area contributed by atoms with Crippen molar-refractivity contribution in [3.63, 3.8) is 0 Å². The molecular formula is C14H21NO3. The standard InChI is InChI=1S/C14H21NO3/c1-10(2)18-13-7-5-6-12(8-13)9-15-11(3)14(16)17-4/h5-8,10-11,15H,9H2,1-4H3. The molecule has 1 unspecified atom stereocenters. The molecule has 0 radical (unpaired) electrons. The number of nitrogens with one attached hydrogen (secondary N) is 1. The van der Waals surface area contributed by atoms with Gasteiger partial charge in [-0.25, -0.2) is 0 Å². The SMILES string of the molecule is COC(=O)C(C)NCc1cccc(OC(C)C)c1. The minimum absolute atomic E-state index is 0.155. The molecule has 0 amide bonds. The van der Waals surface area contributed by atoms with E-state index in [-0.39, 0.29) is 18.1 Å². The summed E-state index contributed by atoms with van der Waals surface area (Å²) < 4.78 is 10.3. The van der Waals surface area contributed by atoms with Crippen molar-refractivity contribution in [2.24, 2.45) is 0 Å². The Morgan fingerprint density at radius 3 is 2.67 bits per heavy atom. The van der Waals surface area contributed by atoms with Gasteiger partial charge in [0.2, 0.25) is 0 Å². The Kier molecular flexibility index (Phi) is 5.65. The summed E-state index contributed by atoms with van der Waals surface area (Å²) in [4.78, 5) is 11.2. The number of hydrogen-bond acceptors (Lipinski definition) is 4. The summed E-state index contributed by atoms with van der Waals surface area (Å²) in [6.07, 6.45) is 0.155. The molecular weight excluding hydrogens is 230 g/mol. The minimum Gasteiger partial charge on any atom is -0.491 e. The van der Waals surface area contributed by atoms with Crippen molar-refractivity contribution < 1.29 is 14.3 Å². The number of carbonyl (C=O) groups is 1. The molecule has 0 fully saturated rings. The first-order chi connectivity index (χ1) is 8.52. The molecule has 0 aliphatic heterocycles. The van der Waals surface area contributed by atoms with Gasteiger partial charge < -0.3 is 14.8 Å². The van der Waals surface area contributed by atoms with Gasteiger partial charge in [-0.05, 0) is 38.5 Å². The average molecular weight is 251 g/mol. The van der Waals surface area contributed by atoms with Gasteiger partial charge in [0.15, 0.2) is 0 Å². The van der Waals surface area contributed by atoms with Crippen LogP contribution in [0.25, 0.3) is 0 Å². The van der Waals surface area contributed by atoms with Crippen LogP contribution in [0.4, 0.5) is 0 Å². The van der Waals surface area contributed by atoms with Crippen LogP contribution in [0.2, 0.25) is 0 Å². The molecule has 4 nitrogen and oxygen atoms in total. The van der Waals surface area contributed by atoms with Crippen molar-refractivity contribution in [3.05, 3.63) is 29.8 Å². The Hall–Kier alpha value is -1.55. The van der Waals surface area contributed by atoms with Crippen LogP contribution in [0.1, 0.15) is 26.3 Å². The van der Waals surface area contributed by atoms with Crippen LogP contribution in [0.3, 0.4) is 0 Å². The van der Waals surface area contributed by atoms with Crippen LogP contribution in [-0.4, -0.2) is 25.2 Å². The molecule has 1 atom stereocenters. The van der Waals surface area contributed by atoms with Gasteiger partial charge >= 0.3 is 5.97 Å². The van der Waals surface area contributed by atoms with Gasteiger partial charge in [-0.2, -0.15) is 0 Å². The second-order valence-electron chi connectivity index (χ2n) is 4.44. The predicted octanol–water partition coefficient (Wildman–Crippen LogP) is 2.12. The Balaban J connectivity index is 2.54. The van der Waals surface area contributed by atoms with E-state index >= 15 is 0 Å². The molecule has 1 N–H and O–H groups in total. The van der Waals surface area contributed by atoms with Crippen LogP contribution in [0, 0.1) is 0 Å². The van der Waals surface area contributed by atoms with Crippen molar-refractivity contribution in [2.75, 3.05) is 7.11 Å². The van der Waals surface area contributed by atoms with E-state index in [0.717, 1.165) is 11.3 Å². The van der Waals surface area contributed by atoms with Gasteiger partial charge in [-0.1, -0.05) is 12.1 Å². The quantitative estimate of drug-likeness (QED) is 0.787. The Labute approximate surface area is 108 Å². The summed E-state index contributed by atoms with van der Waals surface area (Å²) in [7, 11) is 1.39. The van der Waals surface area contributed by atoms with Gasteiger partial charge in [0.25, 0.3) is 0 Å². The largest absolute Gasteiger partial charge is 0.491 e. The molecule has 1 aromatic rings. The fourth-order valence-electron chi connectivity index (χ4n) is 1.53. The molecule has 4 heteroatoms. The normalized spacial score (nSPS) is 12.3. The Bertz CT molecular complexity index is 390. The molecule has 0 bridgehead atoms. The minimum atomic E-state index is -0.315. The molecule has 0 heterocycles. The number of hydrogen-bond donors (Lipinski definition) is 1. The number of ether oxygens (including phenoxy) is 2. The maximum absolute atomic E-state index is 11.2. The second-order valence-corrected chi connectivity index (χ2v) is 4.44. The molecule has 0 saturated carbocycles. The molecule has 0 aliphatic rings. The number of esters is 1. The third-order valence-corrected chi connectivity index (χ3v) is 2.44. The summed E-state index contributed by atoms with van der Waals surface area (Å²) in [5.74, 6) is 0.583. The van der Waals surface area contributed by atoms with E-state index in [9.17, 15) is 4.79 Å². The molecule has 1 rings (SSSR count). The second kappa shape index (κ2) is 7.01. The highest BCUT2D eigenvalue weighted by Gasteiger charge is 2.11. The lowest BCUT2D eigenvalue weighted by Gasteiger charge is -2.13. The number of carbonyl (C=O) groups excluding carboxylic acids is 1. The molecule has 0 saturated heterocycles. The van der Waals surface area contributed by atoms with Crippen molar-refractivity contribution in [1.82, 2.24) is 5.32 Å². The fourth-order valence-corrected chi connectivity index (χ4v) is 1.53. The lowest BCUT2D eigenvalue weighted by Crippen LogP contribution is -2.34. The lowest BCUT2D eigenvalue weighted by atomic mass is 10.2. The van der Waals surface area contributed by atoms with Crippen molar-refractivity contribution in [1.29, 1.82) is 0 Å². The zero-order valence-corrected chi connectivity index (χ0v) is 11.4. The van der Waals surface area contributed by atoms with Crippen LogP contribution >= 0.6 is 0 Å². The van der Waals surface area contributed by atoms with E-state index in [0.29, 0.717) is 6.54 Å². The monoisotopic (exact) mass is 251 g/mol. The molecule has 0 aromatic heterocycles. The highest BCUT2D eigenvalue weighted by atomic mass is 16.5. The summed E-state index contributed by atoms with van der Waals surface area (Å²) in [6, 6.07) is 7.51.